The molecule has 0 saturated heterocycles. The molecule has 5 nitrogen and oxygen atoms in total. The summed E-state index contributed by atoms with van der Waals surface area (Å²) in [5.74, 6) is 0.164. The smallest absolute Gasteiger partial charge is 0.250 e. The Bertz CT molecular complexity index is 360. The second-order valence-corrected chi connectivity index (χ2v) is 4.28. The Morgan fingerprint density at radius 3 is 2.69 bits per heavy atom. The first-order valence-corrected chi connectivity index (χ1v) is 5.09. The van der Waals surface area contributed by atoms with E-state index in [0.717, 1.165) is 0 Å². The summed E-state index contributed by atoms with van der Waals surface area (Å²) in [6.07, 6.45) is 2.05. The summed E-state index contributed by atoms with van der Waals surface area (Å²) in [7, 11) is 0. The van der Waals surface area contributed by atoms with Gasteiger partial charge in [-0.2, -0.15) is 0 Å². The number of aromatic nitrogens is 1. The molecule has 1 aromatic heterocycles. The average Bonchev–Trinajstić information content (AvgIpc) is 2.17. The van der Waals surface area contributed by atoms with E-state index >= 15 is 0 Å². The first-order valence-electron chi connectivity index (χ1n) is 5.09. The maximum absolute atomic E-state index is 10.8. The van der Waals surface area contributed by atoms with E-state index in [1.54, 1.807) is 12.1 Å². The number of primary amides is 1. The van der Waals surface area contributed by atoms with Crippen molar-refractivity contribution in [2.75, 3.05) is 11.9 Å². The van der Waals surface area contributed by atoms with Gasteiger partial charge in [-0.05, 0) is 32.4 Å². The molecule has 0 aliphatic rings. The number of hydrogen-bond acceptors (Lipinski definition) is 4. The van der Waals surface area contributed by atoms with Crippen LogP contribution in [0.25, 0.3) is 0 Å². The number of rotatable bonds is 5. The van der Waals surface area contributed by atoms with Crippen molar-refractivity contribution in [3.05, 3.63) is 23.9 Å². The molecule has 1 heterocycles. The second kappa shape index (κ2) is 4.94. The zero-order valence-electron chi connectivity index (χ0n) is 9.53. The molecule has 0 fully saturated rings. The number of amides is 1. The summed E-state index contributed by atoms with van der Waals surface area (Å²) in [4.78, 5) is 14.9. The maximum atomic E-state index is 10.8. The summed E-state index contributed by atoms with van der Waals surface area (Å²) in [6.45, 7) is 4.04. The number of aliphatic hydroxyl groups excluding tert-OH is 1. The first-order chi connectivity index (χ1) is 7.44. The van der Waals surface area contributed by atoms with Crippen LogP contribution < -0.4 is 11.1 Å². The van der Waals surface area contributed by atoms with Crippen LogP contribution in [0.3, 0.4) is 0 Å². The Hall–Kier alpha value is -1.62. The number of carbonyl (C=O) groups excluding carboxylic acids is 1. The predicted molar refractivity (Wildman–Crippen MR) is 62.2 cm³/mol. The lowest BCUT2D eigenvalue weighted by atomic mass is 10.0. The van der Waals surface area contributed by atoms with Crippen LogP contribution in [0.15, 0.2) is 18.3 Å². The summed E-state index contributed by atoms with van der Waals surface area (Å²) in [6, 6.07) is 3.31. The number of nitrogens with zero attached hydrogens (tertiary/aromatic N) is 1. The Balaban J connectivity index is 2.72. The fourth-order valence-electron chi connectivity index (χ4n) is 1.30. The summed E-state index contributed by atoms with van der Waals surface area (Å²) < 4.78 is 0. The lowest BCUT2D eigenvalue weighted by molar-refractivity contribution is 0.1000. The van der Waals surface area contributed by atoms with E-state index in [4.69, 9.17) is 10.8 Å². The SMILES string of the molecule is CC(C)(CCO)Nc1ccc(C(N)=O)cn1. The number of nitrogens with one attached hydrogen (secondary N) is 1. The molecule has 0 radical (unpaired) electrons. The fourth-order valence-corrected chi connectivity index (χ4v) is 1.30. The van der Waals surface area contributed by atoms with Crippen molar-refractivity contribution in [3.8, 4) is 0 Å². The normalized spacial score (nSPS) is 11.2. The summed E-state index contributed by atoms with van der Waals surface area (Å²) in [5, 5.41) is 12.0. The molecule has 1 amide bonds. The minimum absolute atomic E-state index is 0.110. The summed E-state index contributed by atoms with van der Waals surface area (Å²) in [5.41, 5.74) is 5.25. The molecule has 0 aliphatic carbocycles. The minimum atomic E-state index is -0.492. The van der Waals surface area contributed by atoms with Gasteiger partial charge in [-0.25, -0.2) is 4.98 Å². The number of pyridine rings is 1. The van der Waals surface area contributed by atoms with E-state index in [1.807, 2.05) is 13.8 Å². The van der Waals surface area contributed by atoms with Crippen LogP contribution in [0, 0.1) is 0 Å². The van der Waals surface area contributed by atoms with Crippen LogP contribution >= 0.6 is 0 Å². The highest BCUT2D eigenvalue weighted by Gasteiger charge is 2.16. The van der Waals surface area contributed by atoms with Crippen molar-refractivity contribution < 1.29 is 9.90 Å². The molecule has 0 aliphatic heterocycles. The molecule has 4 N–H and O–H groups in total. The van der Waals surface area contributed by atoms with E-state index in [0.29, 0.717) is 17.8 Å². The second-order valence-electron chi connectivity index (χ2n) is 4.28. The van der Waals surface area contributed by atoms with Crippen LogP contribution in [0.5, 0.6) is 0 Å². The third-order valence-electron chi connectivity index (χ3n) is 2.25. The van der Waals surface area contributed by atoms with Gasteiger partial charge in [-0.3, -0.25) is 4.79 Å². The van der Waals surface area contributed by atoms with Crippen molar-refractivity contribution in [1.29, 1.82) is 0 Å². The van der Waals surface area contributed by atoms with E-state index in [-0.39, 0.29) is 12.1 Å². The van der Waals surface area contributed by atoms with Gasteiger partial charge in [0.15, 0.2) is 0 Å². The van der Waals surface area contributed by atoms with E-state index in [1.165, 1.54) is 6.20 Å². The van der Waals surface area contributed by atoms with Crippen molar-refractivity contribution in [1.82, 2.24) is 4.98 Å². The zero-order valence-corrected chi connectivity index (χ0v) is 9.53. The molecule has 1 rings (SSSR count). The molecule has 0 atom stereocenters. The molecule has 0 bridgehead atoms. The molecule has 16 heavy (non-hydrogen) atoms. The van der Waals surface area contributed by atoms with Gasteiger partial charge in [-0.1, -0.05) is 0 Å². The van der Waals surface area contributed by atoms with Crippen LogP contribution in [0.4, 0.5) is 5.82 Å². The lowest BCUT2D eigenvalue weighted by Gasteiger charge is -2.25. The predicted octanol–water partition coefficient (Wildman–Crippen LogP) is 0.753. The topological polar surface area (TPSA) is 88.2 Å². The van der Waals surface area contributed by atoms with Gasteiger partial charge in [0.25, 0.3) is 0 Å². The van der Waals surface area contributed by atoms with Crippen LogP contribution in [0.1, 0.15) is 30.6 Å². The number of carbonyl (C=O) groups is 1. The van der Waals surface area contributed by atoms with Crippen LogP contribution in [0.2, 0.25) is 0 Å². The van der Waals surface area contributed by atoms with Crippen LogP contribution in [-0.4, -0.2) is 28.1 Å². The number of anilines is 1. The highest BCUT2D eigenvalue weighted by atomic mass is 16.3. The molecular formula is C11H17N3O2. The number of hydrogen-bond donors (Lipinski definition) is 3. The van der Waals surface area contributed by atoms with Crippen molar-refractivity contribution in [2.24, 2.45) is 5.73 Å². The van der Waals surface area contributed by atoms with E-state index in [9.17, 15) is 4.79 Å². The highest BCUT2D eigenvalue weighted by molar-refractivity contribution is 5.92. The zero-order chi connectivity index (χ0) is 12.2. The highest BCUT2D eigenvalue weighted by Crippen LogP contribution is 2.15. The quantitative estimate of drug-likeness (QED) is 0.687. The monoisotopic (exact) mass is 223 g/mol. The van der Waals surface area contributed by atoms with Gasteiger partial charge >= 0.3 is 0 Å². The Morgan fingerprint density at radius 1 is 1.56 bits per heavy atom. The van der Waals surface area contributed by atoms with E-state index in [2.05, 4.69) is 10.3 Å². The molecule has 0 saturated carbocycles. The van der Waals surface area contributed by atoms with Gasteiger partial charge in [0, 0.05) is 18.3 Å². The van der Waals surface area contributed by atoms with Crippen molar-refractivity contribution in [2.45, 2.75) is 25.8 Å². The molecular weight excluding hydrogens is 206 g/mol. The molecule has 5 heteroatoms. The molecule has 0 spiro atoms. The van der Waals surface area contributed by atoms with Crippen LogP contribution in [-0.2, 0) is 0 Å². The third-order valence-corrected chi connectivity index (χ3v) is 2.25. The number of aliphatic hydroxyl groups is 1. The van der Waals surface area contributed by atoms with Gasteiger partial charge in [0.2, 0.25) is 5.91 Å². The fraction of sp³-hybridized carbons (Fsp3) is 0.455. The largest absolute Gasteiger partial charge is 0.396 e. The van der Waals surface area contributed by atoms with Crippen molar-refractivity contribution >= 4 is 11.7 Å². The van der Waals surface area contributed by atoms with Gasteiger partial charge in [0.05, 0.1) is 5.56 Å². The average molecular weight is 223 g/mol. The molecule has 0 unspecified atom stereocenters. The minimum Gasteiger partial charge on any atom is -0.396 e. The standard InChI is InChI=1S/C11H17N3O2/c1-11(2,5-6-15)14-9-4-3-8(7-13-9)10(12)16/h3-4,7,15H,5-6H2,1-2H3,(H2,12,16)(H,13,14). The third kappa shape index (κ3) is 3.51. The summed E-state index contributed by atoms with van der Waals surface area (Å²) >= 11 is 0. The molecule has 0 aromatic carbocycles. The number of nitrogens with two attached hydrogens (primary N) is 1. The molecule has 88 valence electrons. The Morgan fingerprint density at radius 2 is 2.25 bits per heavy atom. The van der Waals surface area contributed by atoms with Crippen molar-refractivity contribution in [3.63, 3.8) is 0 Å². The van der Waals surface area contributed by atoms with Gasteiger partial charge in [-0.15, -0.1) is 0 Å². The first kappa shape index (κ1) is 12.4. The Labute approximate surface area is 94.7 Å². The Kier molecular flexibility index (Phi) is 3.84. The van der Waals surface area contributed by atoms with E-state index < -0.39 is 5.91 Å². The van der Waals surface area contributed by atoms with Gasteiger partial charge < -0.3 is 16.2 Å². The van der Waals surface area contributed by atoms with Gasteiger partial charge in [0.1, 0.15) is 5.82 Å². The maximum Gasteiger partial charge on any atom is 0.250 e. The lowest BCUT2D eigenvalue weighted by Crippen LogP contribution is -2.32. The molecule has 1 aromatic rings.